The average molecular weight is 229 g/mol. The van der Waals surface area contributed by atoms with Gasteiger partial charge in [-0.05, 0) is 0 Å². The molecule has 46 valence electrons. The summed E-state index contributed by atoms with van der Waals surface area (Å²) in [5.41, 5.74) is 0. The topological polar surface area (TPSA) is 66.4 Å². The van der Waals surface area contributed by atoms with Crippen molar-refractivity contribution in [2.24, 2.45) is 0 Å². The van der Waals surface area contributed by atoms with Crippen LogP contribution in [0.3, 0.4) is 0 Å². The number of halogens is 1. The number of rotatable bonds is 1. The molecule has 0 atom stereocenters. The zero-order chi connectivity index (χ0) is 6.57. The molecule has 0 saturated heterocycles. The smallest absolute Gasteiger partial charge is 0.287 e. The van der Waals surface area contributed by atoms with E-state index in [1.165, 1.54) is 22.6 Å². The van der Waals surface area contributed by atoms with E-state index in [4.69, 9.17) is 5.11 Å². The molecule has 0 aliphatic heterocycles. The third-order valence-electron chi connectivity index (χ3n) is 0.381. The van der Waals surface area contributed by atoms with Gasteiger partial charge in [0.25, 0.3) is 9.82 Å². The van der Waals surface area contributed by atoms with Gasteiger partial charge < -0.3 is 5.11 Å². The summed E-state index contributed by atoms with van der Waals surface area (Å²) >= 11 is 1.40. The fraction of sp³-hybridized carbons (Fsp3) is 0.333. The summed E-state index contributed by atoms with van der Waals surface area (Å²) < 4.78 is -0.485. The Balaban J connectivity index is 3.40. The molecule has 0 heterocycles. The maximum atomic E-state index is 10.0. The fourth-order valence-electron chi connectivity index (χ4n) is 0.149. The molecule has 0 aliphatic rings. The van der Waals surface area contributed by atoms with E-state index in [9.17, 15) is 9.59 Å². The number of aliphatic hydroxyl groups is 1. The van der Waals surface area contributed by atoms with Crippen LogP contribution in [0.1, 0.15) is 0 Å². The standard InChI is InChI=1S/C3H4INO3/c4-3(8)5-2(7)1-6/h6H,1H2,(H,5,7,8). The monoisotopic (exact) mass is 229 g/mol. The van der Waals surface area contributed by atoms with Crippen LogP contribution >= 0.6 is 22.6 Å². The highest BCUT2D eigenvalue weighted by Crippen LogP contribution is 1.80. The highest BCUT2D eigenvalue weighted by Gasteiger charge is 1.99. The van der Waals surface area contributed by atoms with Crippen LogP contribution in [-0.2, 0) is 4.79 Å². The molecular formula is C3H4INO3. The second-order valence-corrected chi connectivity index (χ2v) is 1.96. The lowest BCUT2D eigenvalue weighted by molar-refractivity contribution is -0.122. The summed E-state index contributed by atoms with van der Waals surface area (Å²) in [6, 6.07) is 0. The van der Waals surface area contributed by atoms with Crippen molar-refractivity contribution < 1.29 is 14.7 Å². The summed E-state index contributed by atoms with van der Waals surface area (Å²) in [4.78, 5) is 20.0. The van der Waals surface area contributed by atoms with Crippen molar-refractivity contribution in [3.8, 4) is 0 Å². The largest absolute Gasteiger partial charge is 0.387 e. The molecule has 0 aromatic carbocycles. The Morgan fingerprint density at radius 3 is 2.25 bits per heavy atom. The summed E-state index contributed by atoms with van der Waals surface area (Å²) in [7, 11) is 0. The van der Waals surface area contributed by atoms with E-state index in [0.29, 0.717) is 0 Å². The fourth-order valence-corrected chi connectivity index (χ4v) is 0.450. The van der Waals surface area contributed by atoms with Gasteiger partial charge in [-0.3, -0.25) is 14.9 Å². The van der Waals surface area contributed by atoms with Crippen LogP contribution in [0.15, 0.2) is 0 Å². The zero-order valence-corrected chi connectivity index (χ0v) is 6.01. The quantitative estimate of drug-likeness (QED) is 0.367. The number of amides is 2. The van der Waals surface area contributed by atoms with Crippen LogP contribution in [0.2, 0.25) is 0 Å². The maximum Gasteiger partial charge on any atom is 0.287 e. The molecular weight excluding hydrogens is 225 g/mol. The van der Waals surface area contributed by atoms with Gasteiger partial charge in [0.1, 0.15) is 6.61 Å². The molecule has 0 radical (unpaired) electrons. The molecule has 2 amide bonds. The van der Waals surface area contributed by atoms with Crippen LogP contribution in [0.25, 0.3) is 0 Å². The minimum atomic E-state index is -0.676. The van der Waals surface area contributed by atoms with Crippen molar-refractivity contribution >= 4 is 32.4 Å². The summed E-state index contributed by atoms with van der Waals surface area (Å²) in [6.07, 6.45) is 0. The van der Waals surface area contributed by atoms with E-state index >= 15 is 0 Å². The number of carbonyl (C=O) groups is 2. The van der Waals surface area contributed by atoms with Gasteiger partial charge in [0.05, 0.1) is 0 Å². The van der Waals surface area contributed by atoms with Crippen molar-refractivity contribution in [1.29, 1.82) is 0 Å². The van der Waals surface area contributed by atoms with Crippen LogP contribution in [0, 0.1) is 0 Å². The molecule has 0 aromatic rings. The van der Waals surface area contributed by atoms with Crippen LogP contribution in [-0.4, -0.2) is 21.5 Å². The van der Waals surface area contributed by atoms with Crippen LogP contribution in [0.4, 0.5) is 4.79 Å². The van der Waals surface area contributed by atoms with Gasteiger partial charge >= 0.3 is 0 Å². The highest BCUT2D eigenvalue weighted by atomic mass is 127. The van der Waals surface area contributed by atoms with Crippen molar-refractivity contribution in [3.05, 3.63) is 0 Å². The molecule has 0 aliphatic carbocycles. The van der Waals surface area contributed by atoms with Gasteiger partial charge in [0.15, 0.2) is 0 Å². The van der Waals surface area contributed by atoms with Gasteiger partial charge in [0, 0.05) is 22.6 Å². The first-order valence-corrected chi connectivity index (χ1v) is 2.85. The molecule has 0 aromatic heterocycles. The zero-order valence-electron chi connectivity index (χ0n) is 3.85. The normalized spacial score (nSPS) is 8.25. The molecule has 0 fully saturated rings. The average Bonchev–Trinajstić information content (AvgIpc) is 1.65. The van der Waals surface area contributed by atoms with E-state index in [2.05, 4.69) is 0 Å². The molecule has 0 bridgehead atoms. The van der Waals surface area contributed by atoms with Gasteiger partial charge in [-0.2, -0.15) is 0 Å². The number of nitrogens with one attached hydrogen (secondary N) is 1. The van der Waals surface area contributed by atoms with Gasteiger partial charge in [-0.25, -0.2) is 0 Å². The second-order valence-electron chi connectivity index (χ2n) is 0.980. The van der Waals surface area contributed by atoms with Gasteiger partial charge in [-0.1, -0.05) is 0 Å². The predicted molar refractivity (Wildman–Crippen MR) is 34.6 cm³/mol. The van der Waals surface area contributed by atoms with E-state index in [0.717, 1.165) is 0 Å². The Kier molecular flexibility index (Phi) is 3.71. The molecule has 0 saturated carbocycles. The van der Waals surface area contributed by atoms with Crippen molar-refractivity contribution in [1.82, 2.24) is 5.32 Å². The number of imide groups is 1. The van der Waals surface area contributed by atoms with Crippen LogP contribution < -0.4 is 5.32 Å². The first-order valence-electron chi connectivity index (χ1n) is 1.77. The Morgan fingerprint density at radius 1 is 1.62 bits per heavy atom. The molecule has 8 heavy (non-hydrogen) atoms. The molecule has 5 heteroatoms. The Bertz CT molecular complexity index is 113. The third kappa shape index (κ3) is 4.00. The Labute approximate surface area is 59.4 Å². The number of hydrogen-bond acceptors (Lipinski definition) is 3. The molecule has 4 nitrogen and oxygen atoms in total. The Hall–Kier alpha value is -0.170. The lowest BCUT2D eigenvalue weighted by atomic mass is 10.7. The lowest BCUT2D eigenvalue weighted by Gasteiger charge is -1.90. The number of carbonyl (C=O) groups excluding carboxylic acids is 2. The first-order chi connectivity index (χ1) is 3.66. The predicted octanol–water partition coefficient (Wildman–Crippen LogP) is -0.350. The van der Waals surface area contributed by atoms with E-state index in [1.54, 1.807) is 0 Å². The molecule has 2 N–H and O–H groups in total. The van der Waals surface area contributed by atoms with E-state index in [1.807, 2.05) is 5.32 Å². The number of hydrogen-bond donors (Lipinski definition) is 2. The van der Waals surface area contributed by atoms with Gasteiger partial charge in [-0.15, -0.1) is 0 Å². The van der Waals surface area contributed by atoms with Crippen molar-refractivity contribution in [3.63, 3.8) is 0 Å². The number of aliphatic hydroxyl groups excluding tert-OH is 1. The van der Waals surface area contributed by atoms with Gasteiger partial charge in [0.2, 0.25) is 0 Å². The minimum absolute atomic E-state index is 0.485. The van der Waals surface area contributed by atoms with Crippen molar-refractivity contribution in [2.45, 2.75) is 0 Å². The molecule has 0 rings (SSSR count). The summed E-state index contributed by atoms with van der Waals surface area (Å²) in [5, 5.41) is 9.87. The maximum absolute atomic E-state index is 10.0. The van der Waals surface area contributed by atoms with Crippen LogP contribution in [0.5, 0.6) is 0 Å². The highest BCUT2D eigenvalue weighted by molar-refractivity contribution is 14.1. The minimum Gasteiger partial charge on any atom is -0.387 e. The van der Waals surface area contributed by atoms with E-state index < -0.39 is 16.4 Å². The lowest BCUT2D eigenvalue weighted by Crippen LogP contribution is -2.27. The van der Waals surface area contributed by atoms with E-state index in [-0.39, 0.29) is 0 Å². The SMILES string of the molecule is O=C(I)NC(=O)CO. The van der Waals surface area contributed by atoms with Crippen molar-refractivity contribution in [2.75, 3.05) is 6.61 Å². The third-order valence-corrected chi connectivity index (χ3v) is 0.651. The first kappa shape index (κ1) is 7.83. The Morgan fingerprint density at radius 2 is 2.12 bits per heavy atom. The summed E-state index contributed by atoms with van der Waals surface area (Å²) in [5.74, 6) is -0.676. The second kappa shape index (κ2) is 3.79. The molecule has 0 unspecified atom stereocenters. The summed E-state index contributed by atoms with van der Waals surface area (Å²) in [6.45, 7) is -0.644. The molecule has 0 spiro atoms.